The Kier molecular flexibility index (Phi) is 3.04. The highest BCUT2D eigenvalue weighted by Crippen LogP contribution is 2.31. The van der Waals surface area contributed by atoms with Crippen LogP contribution in [0.15, 0.2) is 30.5 Å². The molecular formula is C13H16N2O2. The van der Waals surface area contributed by atoms with Crippen molar-refractivity contribution < 1.29 is 9.84 Å². The van der Waals surface area contributed by atoms with Gasteiger partial charge >= 0.3 is 0 Å². The van der Waals surface area contributed by atoms with E-state index in [2.05, 4.69) is 5.10 Å². The van der Waals surface area contributed by atoms with Gasteiger partial charge in [0.2, 0.25) is 0 Å². The Bertz CT molecular complexity index is 501. The van der Waals surface area contributed by atoms with Crippen molar-refractivity contribution in [3.8, 4) is 22.8 Å². The molecule has 4 heteroatoms. The van der Waals surface area contributed by atoms with E-state index in [4.69, 9.17) is 4.74 Å². The van der Waals surface area contributed by atoms with Crippen LogP contribution in [0.25, 0.3) is 11.3 Å². The zero-order chi connectivity index (χ0) is 12.4. The molecule has 0 aliphatic rings. The Morgan fingerprint density at radius 2 is 1.88 bits per heavy atom. The highest BCUT2D eigenvalue weighted by Gasteiger charge is 2.14. The molecular weight excluding hydrogens is 216 g/mol. The summed E-state index contributed by atoms with van der Waals surface area (Å²) in [7, 11) is 1.63. The van der Waals surface area contributed by atoms with Crippen molar-refractivity contribution in [2.45, 2.75) is 19.9 Å². The standard InChI is InChI=1S/C13H16N2O2/c1-9(2)15-13(12(16)8-14-15)10-4-6-11(17-3)7-5-10/h4-9,16H,1-3H3. The van der Waals surface area contributed by atoms with Gasteiger partial charge in [0.05, 0.1) is 13.3 Å². The number of aromatic hydroxyl groups is 1. The van der Waals surface area contributed by atoms with Crippen LogP contribution in [0.2, 0.25) is 0 Å². The number of aromatic nitrogens is 2. The lowest BCUT2D eigenvalue weighted by atomic mass is 10.1. The molecule has 0 spiro atoms. The van der Waals surface area contributed by atoms with E-state index in [1.807, 2.05) is 38.1 Å². The van der Waals surface area contributed by atoms with Gasteiger partial charge in [-0.25, -0.2) is 0 Å². The van der Waals surface area contributed by atoms with Crippen LogP contribution in [-0.2, 0) is 0 Å². The van der Waals surface area contributed by atoms with Crippen molar-refractivity contribution >= 4 is 0 Å². The van der Waals surface area contributed by atoms with Gasteiger partial charge in [0.15, 0.2) is 5.75 Å². The largest absolute Gasteiger partial charge is 0.504 e. The van der Waals surface area contributed by atoms with E-state index < -0.39 is 0 Å². The lowest BCUT2D eigenvalue weighted by molar-refractivity contribution is 0.415. The Labute approximate surface area is 100 Å². The van der Waals surface area contributed by atoms with Crippen molar-refractivity contribution in [1.82, 2.24) is 9.78 Å². The van der Waals surface area contributed by atoms with Gasteiger partial charge in [0.25, 0.3) is 0 Å². The van der Waals surface area contributed by atoms with Gasteiger partial charge in [-0.1, -0.05) is 0 Å². The van der Waals surface area contributed by atoms with Crippen LogP contribution in [0.3, 0.4) is 0 Å². The Balaban J connectivity index is 2.48. The normalized spacial score (nSPS) is 10.8. The molecule has 1 aromatic carbocycles. The van der Waals surface area contributed by atoms with Gasteiger partial charge in [-0.05, 0) is 38.1 Å². The Morgan fingerprint density at radius 1 is 1.24 bits per heavy atom. The van der Waals surface area contributed by atoms with E-state index in [9.17, 15) is 5.11 Å². The maximum Gasteiger partial charge on any atom is 0.161 e. The lowest BCUT2D eigenvalue weighted by Crippen LogP contribution is -2.04. The summed E-state index contributed by atoms with van der Waals surface area (Å²) in [6.07, 6.45) is 1.47. The van der Waals surface area contributed by atoms with Crippen LogP contribution >= 0.6 is 0 Å². The SMILES string of the molecule is COc1ccc(-c2c(O)cnn2C(C)C)cc1. The van der Waals surface area contributed by atoms with E-state index in [1.165, 1.54) is 6.20 Å². The van der Waals surface area contributed by atoms with Crippen molar-refractivity contribution in [2.24, 2.45) is 0 Å². The number of hydrogen-bond donors (Lipinski definition) is 1. The number of rotatable bonds is 3. The molecule has 4 nitrogen and oxygen atoms in total. The summed E-state index contributed by atoms with van der Waals surface area (Å²) < 4.78 is 6.91. The topological polar surface area (TPSA) is 47.3 Å². The molecule has 0 atom stereocenters. The first kappa shape index (κ1) is 11.5. The smallest absolute Gasteiger partial charge is 0.161 e. The predicted molar refractivity (Wildman–Crippen MR) is 66.3 cm³/mol. The van der Waals surface area contributed by atoms with Crippen molar-refractivity contribution in [3.05, 3.63) is 30.5 Å². The van der Waals surface area contributed by atoms with Crippen LogP contribution in [-0.4, -0.2) is 22.0 Å². The minimum atomic E-state index is 0.198. The lowest BCUT2D eigenvalue weighted by Gasteiger charge is -2.11. The fourth-order valence-electron chi connectivity index (χ4n) is 1.77. The van der Waals surface area contributed by atoms with Crippen LogP contribution in [0.4, 0.5) is 0 Å². The van der Waals surface area contributed by atoms with Gasteiger partial charge in [-0.15, -0.1) is 0 Å². The van der Waals surface area contributed by atoms with Gasteiger partial charge in [-0.2, -0.15) is 5.10 Å². The second kappa shape index (κ2) is 4.49. The summed E-state index contributed by atoms with van der Waals surface area (Å²) in [4.78, 5) is 0. The van der Waals surface area contributed by atoms with Crippen molar-refractivity contribution in [2.75, 3.05) is 7.11 Å². The molecule has 0 saturated heterocycles. The molecule has 1 N–H and O–H groups in total. The molecule has 0 aliphatic carbocycles. The summed E-state index contributed by atoms with van der Waals surface area (Å²) in [6, 6.07) is 7.76. The van der Waals surface area contributed by atoms with Crippen LogP contribution < -0.4 is 4.74 Å². The van der Waals surface area contributed by atoms with Crippen LogP contribution in [0.5, 0.6) is 11.5 Å². The monoisotopic (exact) mass is 232 g/mol. The third-order valence-corrected chi connectivity index (χ3v) is 2.63. The zero-order valence-electron chi connectivity index (χ0n) is 10.2. The van der Waals surface area contributed by atoms with E-state index in [-0.39, 0.29) is 11.8 Å². The maximum absolute atomic E-state index is 9.85. The number of benzene rings is 1. The molecule has 0 bridgehead atoms. The maximum atomic E-state index is 9.85. The molecule has 17 heavy (non-hydrogen) atoms. The minimum absolute atomic E-state index is 0.198. The third kappa shape index (κ3) is 2.11. The van der Waals surface area contributed by atoms with E-state index in [1.54, 1.807) is 11.8 Å². The number of hydrogen-bond acceptors (Lipinski definition) is 3. The van der Waals surface area contributed by atoms with E-state index in [0.29, 0.717) is 0 Å². The minimum Gasteiger partial charge on any atom is -0.504 e. The molecule has 2 rings (SSSR count). The number of nitrogens with zero attached hydrogens (tertiary/aromatic N) is 2. The summed E-state index contributed by atoms with van der Waals surface area (Å²) >= 11 is 0. The summed E-state index contributed by atoms with van der Waals surface area (Å²) in [5.41, 5.74) is 1.66. The second-order valence-electron chi connectivity index (χ2n) is 4.15. The van der Waals surface area contributed by atoms with Gasteiger partial charge in [0.1, 0.15) is 11.4 Å². The molecule has 0 unspecified atom stereocenters. The van der Waals surface area contributed by atoms with Crippen molar-refractivity contribution in [3.63, 3.8) is 0 Å². The predicted octanol–water partition coefficient (Wildman–Crippen LogP) is 2.85. The zero-order valence-corrected chi connectivity index (χ0v) is 10.2. The molecule has 0 saturated carbocycles. The summed E-state index contributed by atoms with van der Waals surface area (Å²) in [5.74, 6) is 0.993. The summed E-state index contributed by atoms with van der Waals surface area (Å²) in [6.45, 7) is 4.05. The molecule has 0 radical (unpaired) electrons. The highest BCUT2D eigenvalue weighted by molar-refractivity contribution is 5.66. The fraction of sp³-hybridized carbons (Fsp3) is 0.308. The molecule has 0 aliphatic heterocycles. The first-order valence-corrected chi connectivity index (χ1v) is 5.54. The second-order valence-corrected chi connectivity index (χ2v) is 4.15. The Morgan fingerprint density at radius 3 is 2.41 bits per heavy atom. The molecule has 0 fully saturated rings. The first-order chi connectivity index (χ1) is 8.13. The van der Waals surface area contributed by atoms with Crippen molar-refractivity contribution in [1.29, 1.82) is 0 Å². The fourth-order valence-corrected chi connectivity index (χ4v) is 1.77. The molecule has 2 aromatic rings. The first-order valence-electron chi connectivity index (χ1n) is 5.54. The molecule has 1 aromatic heterocycles. The van der Waals surface area contributed by atoms with Gasteiger partial charge in [-0.3, -0.25) is 4.68 Å². The van der Waals surface area contributed by atoms with Gasteiger partial charge in [0, 0.05) is 11.6 Å². The number of ether oxygens (including phenoxy) is 1. The number of methoxy groups -OCH3 is 1. The van der Waals surface area contributed by atoms with Gasteiger partial charge < -0.3 is 9.84 Å². The third-order valence-electron chi connectivity index (χ3n) is 2.63. The average Bonchev–Trinajstić information content (AvgIpc) is 2.71. The van der Waals surface area contributed by atoms with E-state index in [0.717, 1.165) is 17.0 Å². The Hall–Kier alpha value is -1.97. The van der Waals surface area contributed by atoms with Crippen LogP contribution in [0, 0.1) is 0 Å². The quantitative estimate of drug-likeness (QED) is 0.885. The summed E-state index contributed by atoms with van der Waals surface area (Å²) in [5, 5.41) is 14.0. The molecule has 90 valence electrons. The molecule has 0 amide bonds. The van der Waals surface area contributed by atoms with Crippen LogP contribution in [0.1, 0.15) is 19.9 Å². The highest BCUT2D eigenvalue weighted by atomic mass is 16.5. The molecule has 1 heterocycles. The van der Waals surface area contributed by atoms with E-state index >= 15 is 0 Å². The average molecular weight is 232 g/mol.